The van der Waals surface area contributed by atoms with Gasteiger partial charge < -0.3 is 15.2 Å². The van der Waals surface area contributed by atoms with Crippen molar-refractivity contribution in [3.05, 3.63) is 63.9 Å². The third kappa shape index (κ3) is 7.97. The highest BCUT2D eigenvalue weighted by atomic mass is 35.5. The first kappa shape index (κ1) is 24.9. The van der Waals surface area contributed by atoms with Crippen LogP contribution in [0, 0.1) is 0 Å². The van der Waals surface area contributed by atoms with Crippen LogP contribution in [0.2, 0.25) is 9.36 Å². The number of benzene rings is 1. The predicted octanol–water partition coefficient (Wildman–Crippen LogP) is 4.83. The van der Waals surface area contributed by atoms with Crippen molar-refractivity contribution < 1.29 is 19.4 Å². The van der Waals surface area contributed by atoms with Crippen LogP contribution in [0.1, 0.15) is 18.4 Å². The first-order chi connectivity index (χ1) is 15.9. The zero-order chi connectivity index (χ0) is 23.6. The SMILES string of the molecule is Clc1cccc(CN2CCC(Nc3ncnc4sc(Cl)cc34)CC2)c1.O=CO/C=C\C(=O)O. The Morgan fingerprint density at radius 3 is 2.76 bits per heavy atom. The lowest BCUT2D eigenvalue weighted by Gasteiger charge is -2.32. The van der Waals surface area contributed by atoms with Gasteiger partial charge in [0.15, 0.2) is 0 Å². The zero-order valence-electron chi connectivity index (χ0n) is 17.5. The number of hydrogen-bond donors (Lipinski definition) is 2. The molecule has 1 saturated heterocycles. The Kier molecular flexibility index (Phi) is 9.44. The Hall–Kier alpha value is -2.72. The molecule has 1 aliphatic rings. The number of nitrogens with one attached hydrogen (secondary N) is 1. The van der Waals surface area contributed by atoms with Crippen molar-refractivity contribution in [2.75, 3.05) is 18.4 Å². The normalized spacial score (nSPS) is 14.6. The summed E-state index contributed by atoms with van der Waals surface area (Å²) < 4.78 is 4.65. The molecule has 0 radical (unpaired) electrons. The van der Waals surface area contributed by atoms with Crippen LogP contribution in [0.3, 0.4) is 0 Å². The number of aliphatic carboxylic acids is 1. The summed E-state index contributed by atoms with van der Waals surface area (Å²) in [6, 6.07) is 10.5. The van der Waals surface area contributed by atoms with Gasteiger partial charge in [-0.1, -0.05) is 35.3 Å². The minimum atomic E-state index is -1.15. The Bertz CT molecular complexity index is 1120. The maximum absolute atomic E-state index is 9.59. The van der Waals surface area contributed by atoms with Crippen LogP contribution in [-0.4, -0.2) is 51.5 Å². The van der Waals surface area contributed by atoms with E-state index in [1.165, 1.54) is 16.9 Å². The van der Waals surface area contributed by atoms with Crippen LogP contribution in [0.4, 0.5) is 5.82 Å². The van der Waals surface area contributed by atoms with Crippen LogP contribution in [-0.2, 0) is 20.9 Å². The Morgan fingerprint density at radius 1 is 1.27 bits per heavy atom. The molecule has 0 aliphatic carbocycles. The smallest absolute Gasteiger partial charge is 0.331 e. The maximum atomic E-state index is 9.59. The standard InChI is InChI=1S/C18H18Cl2N4S.C4H4O4/c19-13-3-1-2-12(8-13)10-24-6-4-14(5-7-24)23-17-15-9-16(20)25-18(15)22-11-21-17;5-3-8-2-1-4(6)7/h1-3,8-9,11,14H,4-7,10H2,(H,21,22,23);1-3H,(H,6,7)/b;2-1-. The predicted molar refractivity (Wildman–Crippen MR) is 130 cm³/mol. The number of nitrogens with zero attached hydrogens (tertiary/aromatic N) is 3. The van der Waals surface area contributed by atoms with E-state index in [9.17, 15) is 9.59 Å². The van der Waals surface area contributed by atoms with Crippen LogP contribution < -0.4 is 5.32 Å². The van der Waals surface area contributed by atoms with Crippen molar-refractivity contribution in [2.24, 2.45) is 0 Å². The number of aromatic nitrogens is 2. The molecule has 4 rings (SSSR count). The molecule has 33 heavy (non-hydrogen) atoms. The molecule has 1 fully saturated rings. The largest absolute Gasteiger partial charge is 0.478 e. The molecule has 11 heteroatoms. The van der Waals surface area contributed by atoms with Gasteiger partial charge in [0, 0.05) is 30.7 Å². The first-order valence-electron chi connectivity index (χ1n) is 10.1. The molecule has 1 aliphatic heterocycles. The molecule has 0 saturated carbocycles. The second-order valence-corrected chi connectivity index (χ2v) is 9.29. The molecule has 2 N–H and O–H groups in total. The van der Waals surface area contributed by atoms with E-state index in [1.807, 2.05) is 24.3 Å². The summed E-state index contributed by atoms with van der Waals surface area (Å²) in [5, 5.41) is 13.3. The molecule has 2 aromatic heterocycles. The van der Waals surface area contributed by atoms with Crippen molar-refractivity contribution in [3.8, 4) is 0 Å². The topological polar surface area (TPSA) is 105 Å². The monoisotopic (exact) mass is 508 g/mol. The van der Waals surface area contributed by atoms with E-state index in [0.29, 0.717) is 12.1 Å². The molecule has 0 bridgehead atoms. The molecule has 174 valence electrons. The summed E-state index contributed by atoms with van der Waals surface area (Å²) >= 11 is 13.7. The molecule has 3 aromatic rings. The minimum Gasteiger partial charge on any atom is -0.478 e. The average Bonchev–Trinajstić information content (AvgIpc) is 3.17. The number of hydrogen-bond acceptors (Lipinski definition) is 8. The van der Waals surface area contributed by atoms with Crippen molar-refractivity contribution in [1.29, 1.82) is 0 Å². The van der Waals surface area contributed by atoms with E-state index in [-0.39, 0.29) is 6.47 Å². The number of anilines is 1. The number of carboxylic acids is 1. The number of carbonyl (C=O) groups is 2. The third-order valence-corrected chi connectivity index (χ3v) is 6.27. The number of halogens is 2. The maximum Gasteiger partial charge on any atom is 0.331 e. The van der Waals surface area contributed by atoms with Crippen LogP contribution in [0.5, 0.6) is 0 Å². The number of ether oxygens (including phenoxy) is 1. The summed E-state index contributed by atoms with van der Waals surface area (Å²) in [7, 11) is 0. The number of rotatable bonds is 7. The van der Waals surface area contributed by atoms with Gasteiger partial charge in [-0.3, -0.25) is 9.69 Å². The van der Waals surface area contributed by atoms with Gasteiger partial charge in [-0.25, -0.2) is 14.8 Å². The van der Waals surface area contributed by atoms with Crippen LogP contribution >= 0.6 is 34.5 Å². The summed E-state index contributed by atoms with van der Waals surface area (Å²) in [4.78, 5) is 31.0. The third-order valence-electron chi connectivity index (χ3n) is 4.87. The van der Waals surface area contributed by atoms with Crippen molar-refractivity contribution in [2.45, 2.75) is 25.4 Å². The van der Waals surface area contributed by atoms with E-state index < -0.39 is 5.97 Å². The van der Waals surface area contributed by atoms with E-state index in [2.05, 4.69) is 31.0 Å². The zero-order valence-corrected chi connectivity index (χ0v) is 19.8. The number of piperidine rings is 1. The van der Waals surface area contributed by atoms with Crippen molar-refractivity contribution in [3.63, 3.8) is 0 Å². The molecule has 8 nitrogen and oxygen atoms in total. The number of fused-ring (bicyclic) bond motifs is 1. The Labute approximate surface area is 204 Å². The van der Waals surface area contributed by atoms with E-state index in [4.69, 9.17) is 28.3 Å². The van der Waals surface area contributed by atoms with Gasteiger partial charge in [-0.2, -0.15) is 0 Å². The fourth-order valence-corrected chi connectivity index (χ4v) is 4.66. The lowest BCUT2D eigenvalue weighted by Crippen LogP contribution is -2.38. The summed E-state index contributed by atoms with van der Waals surface area (Å²) in [6.07, 6.45) is 5.28. The molecule has 1 aromatic carbocycles. The Morgan fingerprint density at radius 2 is 2.06 bits per heavy atom. The lowest BCUT2D eigenvalue weighted by atomic mass is 10.0. The van der Waals surface area contributed by atoms with Gasteiger partial charge in [0.1, 0.15) is 23.2 Å². The fraction of sp³-hybridized carbons (Fsp3) is 0.273. The summed E-state index contributed by atoms with van der Waals surface area (Å²) in [5.41, 5.74) is 1.27. The van der Waals surface area contributed by atoms with Gasteiger partial charge in [-0.05, 0) is 36.6 Å². The second-order valence-electron chi connectivity index (χ2n) is 7.19. The van der Waals surface area contributed by atoms with Gasteiger partial charge >= 0.3 is 5.97 Å². The van der Waals surface area contributed by atoms with Crippen molar-refractivity contribution >= 4 is 63.0 Å². The lowest BCUT2D eigenvalue weighted by molar-refractivity contribution is -0.131. The Balaban J connectivity index is 0.000000331. The van der Waals surface area contributed by atoms with Crippen LogP contribution in [0.15, 0.2) is 49.0 Å². The number of carbonyl (C=O) groups excluding carboxylic acids is 1. The molecule has 0 unspecified atom stereocenters. The van der Waals surface area contributed by atoms with E-state index in [1.54, 1.807) is 6.33 Å². The summed E-state index contributed by atoms with van der Waals surface area (Å²) in [6.45, 7) is 3.20. The molecule has 0 atom stereocenters. The average molecular weight is 509 g/mol. The minimum absolute atomic E-state index is 0.138. The van der Waals surface area contributed by atoms with E-state index >= 15 is 0 Å². The molecule has 0 spiro atoms. The van der Waals surface area contributed by atoms with Gasteiger partial charge in [0.05, 0.1) is 15.8 Å². The highest BCUT2D eigenvalue weighted by Crippen LogP contribution is 2.32. The van der Waals surface area contributed by atoms with E-state index in [0.717, 1.165) is 64.1 Å². The first-order valence-corrected chi connectivity index (χ1v) is 11.6. The molecule has 3 heterocycles. The highest BCUT2D eigenvalue weighted by molar-refractivity contribution is 7.22. The number of likely N-dealkylation sites (tertiary alicyclic amines) is 1. The second kappa shape index (κ2) is 12.5. The van der Waals surface area contributed by atoms with Crippen LogP contribution in [0.25, 0.3) is 10.2 Å². The molecular formula is C22H22Cl2N4O4S. The molecule has 0 amide bonds. The van der Waals surface area contributed by atoms with Gasteiger partial charge in [0.25, 0.3) is 6.47 Å². The van der Waals surface area contributed by atoms with Gasteiger partial charge in [-0.15, -0.1) is 11.3 Å². The van der Waals surface area contributed by atoms with Crippen molar-refractivity contribution in [1.82, 2.24) is 14.9 Å². The summed E-state index contributed by atoms with van der Waals surface area (Å²) in [5.74, 6) is -0.256. The number of carboxylic acid groups (broad SMARTS) is 1. The van der Waals surface area contributed by atoms with Gasteiger partial charge in [0.2, 0.25) is 0 Å². The molecular weight excluding hydrogens is 487 g/mol. The quantitative estimate of drug-likeness (QED) is 0.265. The number of thiophene rings is 1. The fourth-order valence-electron chi connectivity index (χ4n) is 3.39. The highest BCUT2D eigenvalue weighted by Gasteiger charge is 2.20.